The summed E-state index contributed by atoms with van der Waals surface area (Å²) in [6, 6.07) is 12.3. The lowest BCUT2D eigenvalue weighted by Gasteiger charge is -2.10. The number of hydrogen-bond acceptors (Lipinski definition) is 5. The summed E-state index contributed by atoms with van der Waals surface area (Å²) in [5, 5.41) is 14.5. The standard InChI is InChI=1S/C16H14ClN5O2/c1-11-2-5-13(8-15(11)22-10-18-20-21-22)19-16(23)9-24-14-6-3-12(17)4-7-14/h2-8,10H,9H2,1H3,(H,19,23). The minimum atomic E-state index is -0.267. The van der Waals surface area contributed by atoms with Crippen LogP contribution in [0, 0.1) is 6.92 Å². The molecule has 0 aliphatic carbocycles. The molecule has 122 valence electrons. The van der Waals surface area contributed by atoms with E-state index in [4.69, 9.17) is 16.3 Å². The van der Waals surface area contributed by atoms with Crippen molar-refractivity contribution in [2.24, 2.45) is 0 Å². The fraction of sp³-hybridized carbons (Fsp3) is 0.125. The normalized spacial score (nSPS) is 10.4. The number of carbonyl (C=O) groups is 1. The maximum Gasteiger partial charge on any atom is 0.262 e. The lowest BCUT2D eigenvalue weighted by atomic mass is 10.2. The second kappa shape index (κ2) is 7.10. The van der Waals surface area contributed by atoms with Gasteiger partial charge >= 0.3 is 0 Å². The first kappa shape index (κ1) is 15.9. The van der Waals surface area contributed by atoms with Gasteiger partial charge in [-0.15, -0.1) is 5.10 Å². The lowest BCUT2D eigenvalue weighted by Crippen LogP contribution is -2.20. The molecule has 8 heteroatoms. The SMILES string of the molecule is Cc1ccc(NC(=O)COc2ccc(Cl)cc2)cc1-n1cnnn1. The Labute approximate surface area is 143 Å². The van der Waals surface area contributed by atoms with E-state index in [1.165, 1.54) is 11.0 Å². The summed E-state index contributed by atoms with van der Waals surface area (Å²) in [6.45, 7) is 1.84. The highest BCUT2D eigenvalue weighted by molar-refractivity contribution is 6.30. The van der Waals surface area contributed by atoms with Crippen molar-refractivity contribution in [1.29, 1.82) is 0 Å². The zero-order chi connectivity index (χ0) is 16.9. The Balaban J connectivity index is 1.64. The third-order valence-electron chi connectivity index (χ3n) is 3.27. The van der Waals surface area contributed by atoms with Crippen LogP contribution < -0.4 is 10.1 Å². The predicted octanol–water partition coefficient (Wildman–Crippen LogP) is 2.64. The molecule has 0 fully saturated rings. The Morgan fingerprint density at radius 2 is 2.04 bits per heavy atom. The maximum atomic E-state index is 12.0. The molecule has 1 amide bonds. The number of aryl methyl sites for hydroxylation is 1. The Morgan fingerprint density at radius 1 is 1.25 bits per heavy atom. The molecule has 0 spiro atoms. The molecule has 1 N–H and O–H groups in total. The highest BCUT2D eigenvalue weighted by Crippen LogP contribution is 2.19. The number of benzene rings is 2. The predicted molar refractivity (Wildman–Crippen MR) is 89.5 cm³/mol. The molecule has 3 rings (SSSR count). The number of aromatic nitrogens is 4. The van der Waals surface area contributed by atoms with Gasteiger partial charge in [0.1, 0.15) is 12.1 Å². The number of tetrazole rings is 1. The van der Waals surface area contributed by atoms with Crippen molar-refractivity contribution in [3.05, 3.63) is 59.4 Å². The van der Waals surface area contributed by atoms with Gasteiger partial charge in [-0.3, -0.25) is 4.79 Å². The number of hydrogen-bond donors (Lipinski definition) is 1. The summed E-state index contributed by atoms with van der Waals surface area (Å²) in [6.07, 6.45) is 1.50. The number of amides is 1. The van der Waals surface area contributed by atoms with Gasteiger partial charge in [-0.1, -0.05) is 17.7 Å². The quantitative estimate of drug-likeness (QED) is 0.770. The molecule has 24 heavy (non-hydrogen) atoms. The van der Waals surface area contributed by atoms with Crippen LogP contribution in [0.15, 0.2) is 48.8 Å². The first-order chi connectivity index (χ1) is 11.6. The van der Waals surface area contributed by atoms with E-state index < -0.39 is 0 Å². The van der Waals surface area contributed by atoms with E-state index in [1.54, 1.807) is 30.3 Å². The van der Waals surface area contributed by atoms with Crippen LogP contribution in [-0.4, -0.2) is 32.7 Å². The van der Waals surface area contributed by atoms with E-state index >= 15 is 0 Å². The van der Waals surface area contributed by atoms with Gasteiger partial charge in [0.25, 0.3) is 5.91 Å². The molecule has 2 aromatic carbocycles. The average molecular weight is 344 g/mol. The molecule has 0 aliphatic rings. The molecule has 3 aromatic rings. The highest BCUT2D eigenvalue weighted by Gasteiger charge is 2.08. The number of carbonyl (C=O) groups excluding carboxylic acids is 1. The van der Waals surface area contributed by atoms with Crippen LogP contribution in [0.1, 0.15) is 5.56 Å². The summed E-state index contributed by atoms with van der Waals surface area (Å²) < 4.78 is 6.95. The fourth-order valence-electron chi connectivity index (χ4n) is 2.08. The summed E-state index contributed by atoms with van der Waals surface area (Å²) in [4.78, 5) is 12.0. The van der Waals surface area contributed by atoms with Crippen molar-refractivity contribution in [3.8, 4) is 11.4 Å². The molecule has 0 bridgehead atoms. The Kier molecular flexibility index (Phi) is 4.72. The number of nitrogens with one attached hydrogen (secondary N) is 1. The second-order valence-corrected chi connectivity index (χ2v) is 5.48. The van der Waals surface area contributed by atoms with Gasteiger partial charge in [-0.2, -0.15) is 0 Å². The van der Waals surface area contributed by atoms with E-state index in [9.17, 15) is 4.79 Å². The van der Waals surface area contributed by atoms with Crippen molar-refractivity contribution < 1.29 is 9.53 Å². The second-order valence-electron chi connectivity index (χ2n) is 5.05. The maximum absolute atomic E-state index is 12.0. The Bertz CT molecular complexity index is 834. The first-order valence-electron chi connectivity index (χ1n) is 7.14. The van der Waals surface area contributed by atoms with Crippen LogP contribution in [0.2, 0.25) is 5.02 Å². The van der Waals surface area contributed by atoms with Crippen molar-refractivity contribution >= 4 is 23.2 Å². The van der Waals surface area contributed by atoms with E-state index in [-0.39, 0.29) is 12.5 Å². The smallest absolute Gasteiger partial charge is 0.262 e. The molecular formula is C16H14ClN5O2. The van der Waals surface area contributed by atoms with E-state index in [0.717, 1.165) is 11.3 Å². The molecule has 0 saturated heterocycles. The van der Waals surface area contributed by atoms with E-state index in [0.29, 0.717) is 16.5 Å². The van der Waals surface area contributed by atoms with Gasteiger partial charge in [-0.05, 0) is 59.3 Å². The molecule has 0 unspecified atom stereocenters. The molecule has 0 saturated carbocycles. The van der Waals surface area contributed by atoms with Crippen molar-refractivity contribution in [1.82, 2.24) is 20.2 Å². The van der Waals surface area contributed by atoms with Gasteiger partial charge in [-0.25, -0.2) is 4.68 Å². The first-order valence-corrected chi connectivity index (χ1v) is 7.52. The average Bonchev–Trinajstić information content (AvgIpc) is 3.10. The molecule has 0 radical (unpaired) electrons. The zero-order valence-electron chi connectivity index (χ0n) is 12.8. The van der Waals surface area contributed by atoms with E-state index in [1.807, 2.05) is 19.1 Å². The van der Waals surface area contributed by atoms with Gasteiger partial charge in [0.15, 0.2) is 6.61 Å². The zero-order valence-corrected chi connectivity index (χ0v) is 13.6. The number of halogens is 1. The van der Waals surface area contributed by atoms with Crippen LogP contribution in [0.5, 0.6) is 5.75 Å². The highest BCUT2D eigenvalue weighted by atomic mass is 35.5. The number of anilines is 1. The van der Waals surface area contributed by atoms with Gasteiger partial charge in [0, 0.05) is 10.7 Å². The minimum Gasteiger partial charge on any atom is -0.484 e. The van der Waals surface area contributed by atoms with Gasteiger partial charge in [0.2, 0.25) is 0 Å². The summed E-state index contributed by atoms with van der Waals surface area (Å²) in [5.74, 6) is 0.310. The van der Waals surface area contributed by atoms with Crippen LogP contribution in [0.3, 0.4) is 0 Å². The molecule has 0 atom stereocenters. The number of nitrogens with zero attached hydrogens (tertiary/aromatic N) is 4. The summed E-state index contributed by atoms with van der Waals surface area (Å²) in [7, 11) is 0. The van der Waals surface area contributed by atoms with Crippen LogP contribution in [-0.2, 0) is 4.79 Å². The van der Waals surface area contributed by atoms with Crippen molar-refractivity contribution in [3.63, 3.8) is 0 Å². The lowest BCUT2D eigenvalue weighted by molar-refractivity contribution is -0.118. The molecule has 0 aliphatic heterocycles. The van der Waals surface area contributed by atoms with Crippen LogP contribution >= 0.6 is 11.6 Å². The summed E-state index contributed by atoms with van der Waals surface area (Å²) in [5.41, 5.74) is 2.41. The van der Waals surface area contributed by atoms with Crippen LogP contribution in [0.4, 0.5) is 5.69 Å². The van der Waals surface area contributed by atoms with Crippen LogP contribution in [0.25, 0.3) is 5.69 Å². The Hall–Kier alpha value is -2.93. The number of rotatable bonds is 5. The minimum absolute atomic E-state index is 0.101. The molecule has 1 heterocycles. The van der Waals surface area contributed by atoms with Gasteiger partial charge < -0.3 is 10.1 Å². The van der Waals surface area contributed by atoms with Gasteiger partial charge in [0.05, 0.1) is 5.69 Å². The third-order valence-corrected chi connectivity index (χ3v) is 3.52. The molecular weight excluding hydrogens is 330 g/mol. The molecule has 1 aromatic heterocycles. The van der Waals surface area contributed by atoms with Crippen molar-refractivity contribution in [2.45, 2.75) is 6.92 Å². The largest absolute Gasteiger partial charge is 0.484 e. The topological polar surface area (TPSA) is 81.9 Å². The molecule has 7 nitrogen and oxygen atoms in total. The monoisotopic (exact) mass is 343 g/mol. The summed E-state index contributed by atoms with van der Waals surface area (Å²) >= 11 is 5.80. The third kappa shape index (κ3) is 3.88. The number of ether oxygens (including phenoxy) is 1. The fourth-order valence-corrected chi connectivity index (χ4v) is 2.21. The van der Waals surface area contributed by atoms with Crippen molar-refractivity contribution in [2.75, 3.05) is 11.9 Å². The Morgan fingerprint density at radius 3 is 2.75 bits per heavy atom. The van der Waals surface area contributed by atoms with E-state index in [2.05, 4.69) is 20.8 Å².